The van der Waals surface area contributed by atoms with Crippen molar-refractivity contribution < 1.29 is 9.18 Å². The van der Waals surface area contributed by atoms with Crippen LogP contribution in [0.3, 0.4) is 0 Å². The molecule has 0 amide bonds. The van der Waals surface area contributed by atoms with E-state index in [2.05, 4.69) is 12.2 Å². The zero-order valence-corrected chi connectivity index (χ0v) is 11.9. The minimum Gasteiger partial charge on any atom is -0.316 e. The van der Waals surface area contributed by atoms with Crippen molar-refractivity contribution in [3.05, 3.63) is 34.6 Å². The lowest BCUT2D eigenvalue weighted by Crippen LogP contribution is -2.34. The van der Waals surface area contributed by atoms with E-state index in [9.17, 15) is 9.18 Å². The molecular formula is C15H19ClFNO. The minimum atomic E-state index is -0.352. The SMILES string of the molecule is CCCC1(C(=O)Cc2cc(Cl)ccc2F)CCNC1. The summed E-state index contributed by atoms with van der Waals surface area (Å²) in [6.45, 7) is 3.65. The summed E-state index contributed by atoms with van der Waals surface area (Å²) in [5, 5.41) is 3.72. The summed E-state index contributed by atoms with van der Waals surface area (Å²) in [5.41, 5.74) is 0.0867. The van der Waals surface area contributed by atoms with Crippen molar-refractivity contribution in [2.75, 3.05) is 13.1 Å². The highest BCUT2D eigenvalue weighted by Gasteiger charge is 2.39. The molecule has 0 aliphatic carbocycles. The number of benzene rings is 1. The van der Waals surface area contributed by atoms with Gasteiger partial charge in [0.25, 0.3) is 0 Å². The van der Waals surface area contributed by atoms with E-state index in [0.717, 1.165) is 25.8 Å². The first kappa shape index (κ1) is 14.5. The number of carbonyl (C=O) groups excluding carboxylic acids is 1. The van der Waals surface area contributed by atoms with Crippen LogP contribution in [0.15, 0.2) is 18.2 Å². The summed E-state index contributed by atoms with van der Waals surface area (Å²) in [4.78, 5) is 12.5. The van der Waals surface area contributed by atoms with E-state index < -0.39 is 0 Å². The zero-order chi connectivity index (χ0) is 13.9. The summed E-state index contributed by atoms with van der Waals surface area (Å²) in [6, 6.07) is 4.38. The Kier molecular flexibility index (Phi) is 4.58. The second-order valence-electron chi connectivity index (χ2n) is 5.29. The Morgan fingerprint density at radius 3 is 2.95 bits per heavy atom. The number of ketones is 1. The van der Waals surface area contributed by atoms with Gasteiger partial charge >= 0.3 is 0 Å². The molecule has 2 rings (SSSR count). The fourth-order valence-electron chi connectivity index (χ4n) is 2.85. The molecule has 0 saturated carbocycles. The lowest BCUT2D eigenvalue weighted by Gasteiger charge is -2.26. The molecule has 0 radical (unpaired) electrons. The van der Waals surface area contributed by atoms with Gasteiger partial charge in [-0.05, 0) is 43.1 Å². The van der Waals surface area contributed by atoms with Crippen molar-refractivity contribution in [3.8, 4) is 0 Å². The maximum atomic E-state index is 13.7. The third-order valence-electron chi connectivity index (χ3n) is 3.92. The summed E-state index contributed by atoms with van der Waals surface area (Å²) in [7, 11) is 0. The Labute approximate surface area is 118 Å². The van der Waals surface area contributed by atoms with Crippen LogP contribution in [0.4, 0.5) is 4.39 Å². The van der Waals surface area contributed by atoms with Crippen molar-refractivity contribution in [3.63, 3.8) is 0 Å². The lowest BCUT2D eigenvalue weighted by atomic mass is 9.76. The zero-order valence-electron chi connectivity index (χ0n) is 11.1. The number of rotatable bonds is 5. The largest absolute Gasteiger partial charge is 0.316 e. The number of carbonyl (C=O) groups is 1. The fraction of sp³-hybridized carbons (Fsp3) is 0.533. The standard InChI is InChI=1S/C15H19ClFNO/c1-2-5-15(6-7-18-10-15)14(19)9-11-8-12(16)3-4-13(11)17/h3-4,8,18H,2,5-7,9-10H2,1H3. The highest BCUT2D eigenvalue weighted by molar-refractivity contribution is 6.30. The molecule has 1 aromatic rings. The number of halogens is 2. The Morgan fingerprint density at radius 2 is 2.32 bits per heavy atom. The highest BCUT2D eigenvalue weighted by atomic mass is 35.5. The van der Waals surface area contributed by atoms with Crippen LogP contribution in [0.2, 0.25) is 5.02 Å². The molecule has 0 aromatic heterocycles. The van der Waals surface area contributed by atoms with E-state index in [1.165, 1.54) is 12.1 Å². The van der Waals surface area contributed by atoms with Crippen molar-refractivity contribution in [2.24, 2.45) is 5.41 Å². The molecule has 0 spiro atoms. The molecule has 1 aromatic carbocycles. The Morgan fingerprint density at radius 1 is 1.53 bits per heavy atom. The quantitative estimate of drug-likeness (QED) is 0.898. The maximum absolute atomic E-state index is 13.7. The maximum Gasteiger partial charge on any atom is 0.144 e. The molecule has 1 aliphatic rings. The lowest BCUT2D eigenvalue weighted by molar-refractivity contribution is -0.127. The average Bonchev–Trinajstić information content (AvgIpc) is 2.84. The molecule has 0 bridgehead atoms. The van der Waals surface area contributed by atoms with Gasteiger partial charge in [0.15, 0.2) is 0 Å². The van der Waals surface area contributed by atoms with Gasteiger partial charge in [0, 0.05) is 23.4 Å². The number of nitrogens with one attached hydrogen (secondary N) is 1. The van der Waals surface area contributed by atoms with Crippen LogP contribution >= 0.6 is 11.6 Å². The summed E-state index contributed by atoms with van der Waals surface area (Å²) >= 11 is 5.87. The van der Waals surface area contributed by atoms with Gasteiger partial charge in [-0.25, -0.2) is 4.39 Å². The molecule has 4 heteroatoms. The molecule has 1 N–H and O–H groups in total. The number of hydrogen-bond donors (Lipinski definition) is 1. The molecule has 1 saturated heterocycles. The van der Waals surface area contributed by atoms with Crippen LogP contribution < -0.4 is 5.32 Å². The van der Waals surface area contributed by atoms with E-state index >= 15 is 0 Å². The van der Waals surface area contributed by atoms with Crippen LogP contribution in [0.25, 0.3) is 0 Å². The van der Waals surface area contributed by atoms with Crippen LogP contribution in [-0.4, -0.2) is 18.9 Å². The van der Waals surface area contributed by atoms with Crippen molar-refractivity contribution in [2.45, 2.75) is 32.6 Å². The number of hydrogen-bond acceptors (Lipinski definition) is 2. The smallest absolute Gasteiger partial charge is 0.144 e. The van der Waals surface area contributed by atoms with Gasteiger partial charge in [-0.2, -0.15) is 0 Å². The Balaban J connectivity index is 2.17. The fourth-order valence-corrected chi connectivity index (χ4v) is 3.05. The van der Waals surface area contributed by atoms with Crippen molar-refractivity contribution in [1.29, 1.82) is 0 Å². The predicted molar refractivity (Wildman–Crippen MR) is 74.9 cm³/mol. The van der Waals surface area contributed by atoms with Gasteiger partial charge < -0.3 is 5.32 Å². The van der Waals surface area contributed by atoms with E-state index in [4.69, 9.17) is 11.6 Å². The molecule has 2 nitrogen and oxygen atoms in total. The first-order chi connectivity index (χ1) is 9.07. The van der Waals surface area contributed by atoms with Crippen LogP contribution in [-0.2, 0) is 11.2 Å². The van der Waals surface area contributed by atoms with E-state index in [-0.39, 0.29) is 23.4 Å². The molecule has 1 aliphatic heterocycles. The van der Waals surface area contributed by atoms with Crippen molar-refractivity contribution >= 4 is 17.4 Å². The normalized spacial score (nSPS) is 22.7. The topological polar surface area (TPSA) is 29.1 Å². The van der Waals surface area contributed by atoms with E-state index in [1.807, 2.05) is 0 Å². The van der Waals surface area contributed by atoms with Crippen LogP contribution in [0.1, 0.15) is 31.7 Å². The summed E-state index contributed by atoms with van der Waals surface area (Å²) in [5.74, 6) is -0.226. The monoisotopic (exact) mass is 283 g/mol. The Bertz CT molecular complexity index is 469. The second kappa shape index (κ2) is 6.02. The van der Waals surface area contributed by atoms with Crippen LogP contribution in [0.5, 0.6) is 0 Å². The molecule has 104 valence electrons. The van der Waals surface area contributed by atoms with Gasteiger partial charge in [0.1, 0.15) is 11.6 Å². The van der Waals surface area contributed by atoms with E-state index in [1.54, 1.807) is 6.07 Å². The Hall–Kier alpha value is -0.930. The average molecular weight is 284 g/mol. The molecular weight excluding hydrogens is 265 g/mol. The first-order valence-electron chi connectivity index (χ1n) is 6.75. The van der Waals surface area contributed by atoms with Gasteiger partial charge in [0.05, 0.1) is 0 Å². The highest BCUT2D eigenvalue weighted by Crippen LogP contribution is 2.33. The van der Waals surface area contributed by atoms with Gasteiger partial charge in [0.2, 0.25) is 0 Å². The molecule has 1 heterocycles. The van der Waals surface area contributed by atoms with Crippen molar-refractivity contribution in [1.82, 2.24) is 5.32 Å². The summed E-state index contributed by atoms with van der Waals surface area (Å²) in [6.07, 6.45) is 2.81. The third kappa shape index (κ3) is 3.15. The van der Waals surface area contributed by atoms with Crippen LogP contribution in [0, 0.1) is 11.2 Å². The van der Waals surface area contributed by atoms with E-state index in [0.29, 0.717) is 17.1 Å². The minimum absolute atomic E-state index is 0.125. The molecule has 1 atom stereocenters. The van der Waals surface area contributed by atoms with Gasteiger partial charge in [-0.15, -0.1) is 0 Å². The molecule has 19 heavy (non-hydrogen) atoms. The molecule has 1 unspecified atom stereocenters. The van der Waals surface area contributed by atoms with Gasteiger partial charge in [-0.3, -0.25) is 4.79 Å². The first-order valence-corrected chi connectivity index (χ1v) is 7.13. The van der Waals surface area contributed by atoms with Gasteiger partial charge in [-0.1, -0.05) is 24.9 Å². The summed E-state index contributed by atoms with van der Waals surface area (Å²) < 4.78 is 13.7. The molecule has 1 fully saturated rings. The third-order valence-corrected chi connectivity index (χ3v) is 4.16. The second-order valence-corrected chi connectivity index (χ2v) is 5.73. The predicted octanol–water partition coefficient (Wildman–Crippen LogP) is 3.37. The number of Topliss-reactive ketones (excluding diaryl/α,β-unsaturated/α-hetero) is 1.